The Hall–Kier alpha value is -1.83. The van der Waals surface area contributed by atoms with E-state index in [1.54, 1.807) is 0 Å². The number of hydrogen-bond acceptors (Lipinski definition) is 2. The van der Waals surface area contributed by atoms with Crippen LogP contribution in [0.15, 0.2) is 18.3 Å². The lowest BCUT2D eigenvalue weighted by molar-refractivity contribution is -0.892. The molecule has 0 aromatic carbocycles. The SMILES string of the molecule is CC[C@H](C)NC(=O)C[NH+]1CCN(c2ccc(C(F)(F)F)c[nH+]2)CC1. The summed E-state index contributed by atoms with van der Waals surface area (Å²) in [5.74, 6) is 0.722. The van der Waals surface area contributed by atoms with Crippen LogP contribution < -0.4 is 20.1 Å². The molecule has 1 fully saturated rings. The second kappa shape index (κ2) is 7.83. The van der Waals surface area contributed by atoms with Crippen molar-refractivity contribution in [1.29, 1.82) is 0 Å². The van der Waals surface area contributed by atoms with Crippen LogP contribution in [0.5, 0.6) is 0 Å². The highest BCUT2D eigenvalue weighted by atomic mass is 19.4. The van der Waals surface area contributed by atoms with Gasteiger partial charge in [-0.2, -0.15) is 13.2 Å². The highest BCUT2D eigenvalue weighted by Gasteiger charge is 2.33. The topological polar surface area (TPSA) is 50.9 Å². The van der Waals surface area contributed by atoms with E-state index in [0.717, 1.165) is 31.8 Å². The number of aromatic amines is 1. The van der Waals surface area contributed by atoms with Crippen molar-refractivity contribution in [3.05, 3.63) is 23.9 Å². The molecule has 1 aliphatic heterocycles. The molecular formula is C16H25F3N4O+2. The highest BCUT2D eigenvalue weighted by molar-refractivity contribution is 5.77. The zero-order valence-corrected chi connectivity index (χ0v) is 14.0. The minimum Gasteiger partial charge on any atom is -0.349 e. The first kappa shape index (κ1) is 18.5. The number of aromatic nitrogens is 1. The number of hydrogen-bond donors (Lipinski definition) is 2. The average molecular weight is 346 g/mol. The van der Waals surface area contributed by atoms with Crippen molar-refractivity contribution < 1.29 is 27.8 Å². The Morgan fingerprint density at radius 1 is 1.38 bits per heavy atom. The number of anilines is 1. The van der Waals surface area contributed by atoms with Crippen LogP contribution >= 0.6 is 0 Å². The Morgan fingerprint density at radius 3 is 2.54 bits per heavy atom. The van der Waals surface area contributed by atoms with Crippen LogP contribution in [0.25, 0.3) is 0 Å². The van der Waals surface area contributed by atoms with Gasteiger partial charge in [-0.05, 0) is 19.4 Å². The van der Waals surface area contributed by atoms with Crippen molar-refractivity contribution in [1.82, 2.24) is 5.32 Å². The summed E-state index contributed by atoms with van der Waals surface area (Å²) in [6.07, 6.45) is -2.44. The maximum Gasteiger partial charge on any atom is 0.419 e. The van der Waals surface area contributed by atoms with E-state index in [1.165, 1.54) is 11.0 Å². The largest absolute Gasteiger partial charge is 0.419 e. The van der Waals surface area contributed by atoms with Gasteiger partial charge < -0.3 is 10.2 Å². The van der Waals surface area contributed by atoms with E-state index in [4.69, 9.17) is 0 Å². The number of carbonyl (C=O) groups excluding carboxylic acids is 1. The highest BCUT2D eigenvalue weighted by Crippen LogP contribution is 2.28. The van der Waals surface area contributed by atoms with Gasteiger partial charge in [0.15, 0.2) is 6.54 Å². The van der Waals surface area contributed by atoms with Gasteiger partial charge in [-0.1, -0.05) is 6.92 Å². The van der Waals surface area contributed by atoms with Crippen molar-refractivity contribution in [2.45, 2.75) is 32.5 Å². The van der Waals surface area contributed by atoms with Crippen molar-refractivity contribution in [3.8, 4) is 0 Å². The van der Waals surface area contributed by atoms with Gasteiger partial charge in [-0.15, -0.1) is 0 Å². The third kappa shape index (κ3) is 5.09. The fourth-order valence-corrected chi connectivity index (χ4v) is 2.69. The van der Waals surface area contributed by atoms with E-state index in [0.29, 0.717) is 25.5 Å². The second-order valence-electron chi connectivity index (χ2n) is 6.25. The molecule has 8 heteroatoms. The lowest BCUT2D eigenvalue weighted by Gasteiger charge is -2.28. The molecule has 1 aliphatic rings. The summed E-state index contributed by atoms with van der Waals surface area (Å²) in [6, 6.07) is 2.73. The monoisotopic (exact) mass is 346 g/mol. The molecule has 0 spiro atoms. The molecule has 24 heavy (non-hydrogen) atoms. The predicted molar refractivity (Wildman–Crippen MR) is 83.7 cm³/mol. The fourth-order valence-electron chi connectivity index (χ4n) is 2.69. The average Bonchev–Trinajstić information content (AvgIpc) is 2.54. The summed E-state index contributed by atoms with van der Waals surface area (Å²) in [4.78, 5) is 17.8. The van der Waals surface area contributed by atoms with Crippen LogP contribution in [0.1, 0.15) is 25.8 Å². The number of pyridine rings is 1. The Morgan fingerprint density at radius 2 is 2.04 bits per heavy atom. The summed E-state index contributed by atoms with van der Waals surface area (Å²) < 4.78 is 37.7. The molecule has 0 bridgehead atoms. The number of piperazine rings is 1. The van der Waals surface area contributed by atoms with Crippen molar-refractivity contribution in [2.24, 2.45) is 0 Å². The standard InChI is InChI=1S/C16H23F3N4O/c1-3-12(2)21-15(24)11-22-6-8-23(9-7-22)14-5-4-13(10-20-14)16(17,18)19/h4-5,10,12H,3,6-9,11H2,1-2H3,(H,21,24)/p+2/t12-/m0/s1. The predicted octanol–water partition coefficient (Wildman–Crippen LogP) is 0.139. The Kier molecular flexibility index (Phi) is 6.04. The first-order chi connectivity index (χ1) is 11.3. The van der Waals surface area contributed by atoms with Crippen LogP contribution in [0.4, 0.5) is 19.0 Å². The van der Waals surface area contributed by atoms with E-state index in [-0.39, 0.29) is 11.9 Å². The summed E-state index contributed by atoms with van der Waals surface area (Å²) in [6.45, 7) is 7.41. The van der Waals surface area contributed by atoms with E-state index < -0.39 is 11.7 Å². The molecule has 1 amide bonds. The first-order valence-corrected chi connectivity index (χ1v) is 8.26. The number of nitrogens with one attached hydrogen (secondary N) is 3. The van der Waals surface area contributed by atoms with Crippen molar-refractivity contribution >= 4 is 11.7 Å². The Labute approximate surface area is 139 Å². The minimum atomic E-state index is -4.33. The number of halogens is 3. The van der Waals surface area contributed by atoms with Crippen molar-refractivity contribution in [2.75, 3.05) is 37.6 Å². The third-order valence-electron chi connectivity index (χ3n) is 4.37. The van der Waals surface area contributed by atoms with Gasteiger partial charge in [0.25, 0.3) is 11.7 Å². The summed E-state index contributed by atoms with van der Waals surface area (Å²) >= 11 is 0. The maximum absolute atomic E-state index is 12.6. The molecule has 1 saturated heterocycles. The zero-order valence-electron chi connectivity index (χ0n) is 14.0. The molecule has 0 unspecified atom stereocenters. The van der Waals surface area contributed by atoms with Gasteiger partial charge >= 0.3 is 6.18 Å². The van der Waals surface area contributed by atoms with Crippen LogP contribution in [-0.4, -0.2) is 44.7 Å². The fraction of sp³-hybridized carbons (Fsp3) is 0.625. The quantitative estimate of drug-likeness (QED) is 0.797. The molecule has 1 aromatic rings. The Bertz CT molecular complexity index is 539. The number of nitrogens with zero attached hydrogens (tertiary/aromatic N) is 1. The van der Waals surface area contributed by atoms with E-state index in [9.17, 15) is 18.0 Å². The summed E-state index contributed by atoms with van der Waals surface area (Å²) in [5.41, 5.74) is -0.683. The molecule has 134 valence electrons. The normalized spacial score (nSPS) is 17.6. The molecule has 1 aromatic heterocycles. The van der Waals surface area contributed by atoms with Gasteiger partial charge in [0.1, 0.15) is 32.4 Å². The number of rotatable bonds is 5. The molecular weight excluding hydrogens is 321 g/mol. The van der Waals surface area contributed by atoms with Crippen LogP contribution in [0.3, 0.4) is 0 Å². The van der Waals surface area contributed by atoms with Gasteiger partial charge in [-0.25, -0.2) is 4.98 Å². The maximum atomic E-state index is 12.6. The zero-order chi connectivity index (χ0) is 17.7. The number of quaternary nitrogens is 1. The number of H-pyrrole nitrogens is 1. The molecule has 5 nitrogen and oxygen atoms in total. The minimum absolute atomic E-state index is 0.0499. The lowest BCUT2D eigenvalue weighted by atomic mass is 10.2. The molecule has 0 aliphatic carbocycles. The van der Waals surface area contributed by atoms with E-state index in [2.05, 4.69) is 10.3 Å². The van der Waals surface area contributed by atoms with E-state index >= 15 is 0 Å². The molecule has 0 saturated carbocycles. The van der Waals surface area contributed by atoms with E-state index in [1.807, 2.05) is 18.7 Å². The molecule has 0 radical (unpaired) electrons. The third-order valence-corrected chi connectivity index (χ3v) is 4.37. The number of amides is 1. The first-order valence-electron chi connectivity index (χ1n) is 8.26. The number of alkyl halides is 3. The molecule has 3 N–H and O–H groups in total. The summed E-state index contributed by atoms with van der Waals surface area (Å²) in [5, 5.41) is 2.95. The molecule has 1 atom stereocenters. The van der Waals surface area contributed by atoms with Gasteiger partial charge in [0.2, 0.25) is 0 Å². The van der Waals surface area contributed by atoms with Gasteiger partial charge in [0, 0.05) is 12.1 Å². The van der Waals surface area contributed by atoms with Gasteiger partial charge in [-0.3, -0.25) is 9.69 Å². The molecule has 2 heterocycles. The lowest BCUT2D eigenvalue weighted by Crippen LogP contribution is -3.16. The van der Waals surface area contributed by atoms with Crippen LogP contribution in [0, 0.1) is 0 Å². The van der Waals surface area contributed by atoms with Crippen LogP contribution in [-0.2, 0) is 11.0 Å². The second-order valence-corrected chi connectivity index (χ2v) is 6.25. The number of carbonyl (C=O) groups is 1. The Balaban J connectivity index is 1.83. The van der Waals surface area contributed by atoms with Gasteiger partial charge in [0.05, 0.1) is 5.56 Å². The van der Waals surface area contributed by atoms with Crippen molar-refractivity contribution in [3.63, 3.8) is 0 Å². The summed E-state index contributed by atoms with van der Waals surface area (Å²) in [7, 11) is 0. The smallest absolute Gasteiger partial charge is 0.349 e. The molecule has 2 rings (SSSR count). The van der Waals surface area contributed by atoms with Crippen LogP contribution in [0.2, 0.25) is 0 Å².